The molecule has 2 atom stereocenters. The van der Waals surface area contributed by atoms with E-state index in [9.17, 15) is 9.59 Å². The summed E-state index contributed by atoms with van der Waals surface area (Å²) in [6.45, 7) is 3.83. The van der Waals surface area contributed by atoms with Gasteiger partial charge in [0.15, 0.2) is 0 Å². The van der Waals surface area contributed by atoms with Crippen molar-refractivity contribution < 1.29 is 23.9 Å². The van der Waals surface area contributed by atoms with Crippen LogP contribution in [0.25, 0.3) is 0 Å². The molecule has 0 amide bonds. The lowest BCUT2D eigenvalue weighted by molar-refractivity contribution is -0.208. The Morgan fingerprint density at radius 2 is 1.83 bits per heavy atom. The minimum absolute atomic E-state index is 0.0119. The Morgan fingerprint density at radius 3 is 2.45 bits per heavy atom. The molecule has 7 nitrogen and oxygen atoms in total. The maximum atomic E-state index is 12.8. The third-order valence-corrected chi connectivity index (χ3v) is 5.50. The van der Waals surface area contributed by atoms with Crippen molar-refractivity contribution in [1.29, 1.82) is 0 Å². The van der Waals surface area contributed by atoms with Crippen molar-refractivity contribution in [3.63, 3.8) is 0 Å². The number of esters is 2. The van der Waals surface area contributed by atoms with Gasteiger partial charge < -0.3 is 9.47 Å². The quantitative estimate of drug-likeness (QED) is 0.620. The number of nitrogens with zero attached hydrogens (tertiary/aromatic N) is 2. The number of rotatable bonds is 8. The van der Waals surface area contributed by atoms with Crippen LogP contribution in [-0.2, 0) is 23.9 Å². The molecule has 0 aromatic heterocycles. The molecule has 1 aromatic rings. The molecular weight excluding hydrogens is 372 g/mol. The van der Waals surface area contributed by atoms with Gasteiger partial charge >= 0.3 is 11.9 Å². The maximum absolute atomic E-state index is 12.8. The van der Waals surface area contributed by atoms with Crippen LogP contribution < -0.4 is 0 Å². The molecule has 2 aliphatic rings. The van der Waals surface area contributed by atoms with Crippen molar-refractivity contribution in [3.05, 3.63) is 35.9 Å². The molecule has 0 N–H and O–H groups in total. The number of likely N-dealkylation sites (N-methyl/N-ethyl adjacent to an activating group) is 1. The second-order valence-electron chi connectivity index (χ2n) is 7.48. The van der Waals surface area contributed by atoms with Gasteiger partial charge in [0.25, 0.3) is 5.72 Å². The van der Waals surface area contributed by atoms with Crippen molar-refractivity contribution in [2.75, 3.05) is 20.3 Å². The number of carbonyl (C=O) groups is 2. The van der Waals surface area contributed by atoms with Crippen LogP contribution in [0.2, 0.25) is 0 Å². The maximum Gasteiger partial charge on any atom is 0.364 e. The Kier molecular flexibility index (Phi) is 6.90. The summed E-state index contributed by atoms with van der Waals surface area (Å²) >= 11 is 0. The number of benzene rings is 1. The largest absolute Gasteiger partial charge is 0.466 e. The first-order valence-electron chi connectivity index (χ1n) is 10.4. The van der Waals surface area contributed by atoms with E-state index < -0.39 is 17.7 Å². The summed E-state index contributed by atoms with van der Waals surface area (Å²) in [7, 11) is 1.73. The summed E-state index contributed by atoms with van der Waals surface area (Å²) in [4.78, 5) is 35.6. The van der Waals surface area contributed by atoms with E-state index in [2.05, 4.69) is 12.1 Å². The molecule has 2 unspecified atom stereocenters. The molecule has 1 saturated carbocycles. The predicted octanol–water partition coefficient (Wildman–Crippen LogP) is 3.45. The van der Waals surface area contributed by atoms with Crippen LogP contribution in [0.15, 0.2) is 35.3 Å². The summed E-state index contributed by atoms with van der Waals surface area (Å²) < 4.78 is 10.3. The number of hydrogen-bond donors (Lipinski definition) is 0. The van der Waals surface area contributed by atoms with Gasteiger partial charge in [0.1, 0.15) is 12.3 Å². The van der Waals surface area contributed by atoms with Crippen LogP contribution in [0.3, 0.4) is 0 Å². The summed E-state index contributed by atoms with van der Waals surface area (Å²) in [6, 6.07) is 10.1. The normalized spacial score (nSPS) is 23.0. The number of ether oxygens (including phenoxy) is 2. The molecule has 158 valence electrons. The highest BCUT2D eigenvalue weighted by atomic mass is 16.7. The summed E-state index contributed by atoms with van der Waals surface area (Å²) in [5.41, 5.74) is -0.609. The van der Waals surface area contributed by atoms with Crippen LogP contribution in [0.4, 0.5) is 0 Å². The molecule has 1 heterocycles. The fourth-order valence-corrected chi connectivity index (χ4v) is 4.28. The van der Waals surface area contributed by atoms with E-state index >= 15 is 0 Å². The van der Waals surface area contributed by atoms with Crippen LogP contribution in [0.1, 0.15) is 57.4 Å². The minimum atomic E-state index is -1.74. The molecule has 1 fully saturated rings. The second-order valence-corrected chi connectivity index (χ2v) is 7.48. The van der Waals surface area contributed by atoms with E-state index in [1.54, 1.807) is 20.9 Å². The molecule has 3 rings (SSSR count). The molecule has 0 saturated heterocycles. The molecule has 1 aromatic carbocycles. The standard InChI is InChI=1S/C22H30N2O5/c1-4-27-18(25)15-22(21(26)28-5-2)23-20(24(3)29-22)19(17-13-9-10-14-17)16-11-7-6-8-12-16/h6-8,11-12,17,19H,4-5,9-10,13-15H2,1-3H3. The van der Waals surface area contributed by atoms with Crippen molar-refractivity contribution in [3.8, 4) is 0 Å². The highest BCUT2D eigenvalue weighted by Gasteiger charge is 2.52. The predicted molar refractivity (Wildman–Crippen MR) is 108 cm³/mol. The Hall–Kier alpha value is -2.41. The molecular formula is C22H30N2O5. The van der Waals surface area contributed by atoms with E-state index in [1.807, 2.05) is 18.2 Å². The number of aliphatic imine (C=N–C) groups is 1. The molecule has 0 spiro atoms. The van der Waals surface area contributed by atoms with Crippen LogP contribution in [0.5, 0.6) is 0 Å². The lowest BCUT2D eigenvalue weighted by Crippen LogP contribution is -2.43. The van der Waals surface area contributed by atoms with Crippen molar-refractivity contribution in [1.82, 2.24) is 5.06 Å². The van der Waals surface area contributed by atoms with Gasteiger partial charge in [-0.25, -0.2) is 19.7 Å². The lowest BCUT2D eigenvalue weighted by Gasteiger charge is -2.27. The minimum Gasteiger partial charge on any atom is -0.466 e. The Morgan fingerprint density at radius 1 is 1.17 bits per heavy atom. The molecule has 1 aliphatic heterocycles. The van der Waals surface area contributed by atoms with E-state index in [0.717, 1.165) is 18.4 Å². The fraction of sp³-hybridized carbons (Fsp3) is 0.591. The SMILES string of the molecule is CCOC(=O)CC1(C(=O)OCC)N=C(C(c2ccccc2)C2CCCC2)N(C)O1. The van der Waals surface area contributed by atoms with E-state index in [1.165, 1.54) is 17.9 Å². The Bertz CT molecular complexity index is 745. The number of carbonyl (C=O) groups excluding carboxylic acids is 2. The van der Waals surface area contributed by atoms with Gasteiger partial charge in [-0.1, -0.05) is 43.2 Å². The highest BCUT2D eigenvalue weighted by molar-refractivity contribution is 5.95. The fourth-order valence-electron chi connectivity index (χ4n) is 4.28. The van der Waals surface area contributed by atoms with Gasteiger partial charge in [0.2, 0.25) is 0 Å². The van der Waals surface area contributed by atoms with Crippen molar-refractivity contribution in [2.24, 2.45) is 10.9 Å². The van der Waals surface area contributed by atoms with Gasteiger partial charge in [0, 0.05) is 13.0 Å². The topological polar surface area (TPSA) is 77.4 Å². The van der Waals surface area contributed by atoms with E-state index in [4.69, 9.17) is 19.3 Å². The first-order valence-corrected chi connectivity index (χ1v) is 10.4. The van der Waals surface area contributed by atoms with Crippen LogP contribution in [-0.4, -0.2) is 48.8 Å². The first kappa shape index (κ1) is 21.3. The van der Waals surface area contributed by atoms with Gasteiger partial charge in [-0.05, 0) is 38.2 Å². The van der Waals surface area contributed by atoms with E-state index in [-0.39, 0.29) is 25.6 Å². The van der Waals surface area contributed by atoms with Gasteiger partial charge in [0.05, 0.1) is 13.2 Å². The lowest BCUT2D eigenvalue weighted by atomic mass is 9.83. The zero-order chi connectivity index (χ0) is 20.9. The highest BCUT2D eigenvalue weighted by Crippen LogP contribution is 2.42. The summed E-state index contributed by atoms with van der Waals surface area (Å²) in [5, 5.41) is 1.53. The zero-order valence-corrected chi connectivity index (χ0v) is 17.4. The zero-order valence-electron chi connectivity index (χ0n) is 17.4. The van der Waals surface area contributed by atoms with Gasteiger partial charge in [-0.15, -0.1) is 0 Å². The molecule has 0 radical (unpaired) electrons. The molecule has 7 heteroatoms. The molecule has 1 aliphatic carbocycles. The number of hydrogen-bond acceptors (Lipinski definition) is 7. The second kappa shape index (κ2) is 9.39. The van der Waals surface area contributed by atoms with Crippen molar-refractivity contribution in [2.45, 2.75) is 57.6 Å². The number of amidine groups is 1. The molecule has 0 bridgehead atoms. The average Bonchev–Trinajstić information content (AvgIpc) is 3.33. The van der Waals surface area contributed by atoms with Gasteiger partial charge in [-0.3, -0.25) is 4.79 Å². The van der Waals surface area contributed by atoms with Crippen molar-refractivity contribution >= 4 is 17.8 Å². The smallest absolute Gasteiger partial charge is 0.364 e. The van der Waals surface area contributed by atoms with Crippen LogP contribution >= 0.6 is 0 Å². The molecule has 29 heavy (non-hydrogen) atoms. The summed E-state index contributed by atoms with van der Waals surface area (Å²) in [6.07, 6.45) is 4.22. The third-order valence-electron chi connectivity index (χ3n) is 5.50. The first-order chi connectivity index (χ1) is 14.0. The van der Waals surface area contributed by atoms with Crippen LogP contribution in [0, 0.1) is 5.92 Å². The third kappa shape index (κ3) is 4.61. The summed E-state index contributed by atoms with van der Waals surface area (Å²) in [5.74, 6) is -0.172. The van der Waals surface area contributed by atoms with E-state index in [0.29, 0.717) is 11.8 Å². The Labute approximate surface area is 172 Å². The Balaban J connectivity index is 2.01. The average molecular weight is 402 g/mol. The number of hydroxylamine groups is 2. The monoisotopic (exact) mass is 402 g/mol. The van der Waals surface area contributed by atoms with Gasteiger partial charge in [-0.2, -0.15) is 0 Å².